The Hall–Kier alpha value is -0.940. The van der Waals surface area contributed by atoms with Gasteiger partial charge in [-0.05, 0) is 41.9 Å². The van der Waals surface area contributed by atoms with E-state index < -0.39 is 0 Å². The zero-order valence-electron chi connectivity index (χ0n) is 9.27. The highest BCUT2D eigenvalue weighted by molar-refractivity contribution is 9.10. The quantitative estimate of drug-likeness (QED) is 0.616. The number of carbonyl (C=O) groups is 1. The van der Waals surface area contributed by atoms with Gasteiger partial charge in [0.1, 0.15) is 10.7 Å². The molecule has 0 saturated heterocycles. The zero-order valence-corrected chi connectivity index (χ0v) is 10.9. The molecule has 0 spiro atoms. The van der Waals surface area contributed by atoms with Gasteiger partial charge in [0.25, 0.3) is 0 Å². The highest BCUT2D eigenvalue weighted by Crippen LogP contribution is 2.10. The van der Waals surface area contributed by atoms with Crippen LogP contribution in [0.2, 0.25) is 0 Å². The Labute approximate surface area is 103 Å². The smallest absolute Gasteiger partial charge is 0.338 e. The zero-order chi connectivity index (χ0) is 12.0. The Morgan fingerprint density at radius 2 is 2.38 bits per heavy atom. The van der Waals surface area contributed by atoms with E-state index in [0.717, 1.165) is 0 Å². The number of esters is 1. The molecule has 5 heteroatoms. The number of halogens is 1. The highest BCUT2D eigenvalue weighted by Gasteiger charge is 2.12. The third-order valence-corrected chi connectivity index (χ3v) is 2.26. The van der Waals surface area contributed by atoms with Crippen LogP contribution in [-0.2, 0) is 9.47 Å². The molecule has 4 nitrogen and oxygen atoms in total. The summed E-state index contributed by atoms with van der Waals surface area (Å²) in [5, 5.41) is 0. The number of nitrogens with zero attached hydrogens (tertiary/aromatic N) is 1. The minimum absolute atomic E-state index is 0.251. The number of ether oxygens (including phenoxy) is 2. The summed E-state index contributed by atoms with van der Waals surface area (Å²) in [6.07, 6.45) is 1.30. The maximum absolute atomic E-state index is 11.6. The van der Waals surface area contributed by atoms with Gasteiger partial charge >= 0.3 is 5.97 Å². The van der Waals surface area contributed by atoms with Crippen LogP contribution in [0.5, 0.6) is 0 Å². The highest BCUT2D eigenvalue weighted by atomic mass is 79.9. The van der Waals surface area contributed by atoms with E-state index in [4.69, 9.17) is 9.47 Å². The van der Waals surface area contributed by atoms with E-state index in [0.29, 0.717) is 23.4 Å². The lowest BCUT2D eigenvalue weighted by atomic mass is 10.3. The lowest BCUT2D eigenvalue weighted by molar-refractivity contribution is 0.00438. The topological polar surface area (TPSA) is 48.4 Å². The van der Waals surface area contributed by atoms with E-state index in [2.05, 4.69) is 20.9 Å². The Morgan fingerprint density at radius 3 is 3.00 bits per heavy atom. The van der Waals surface area contributed by atoms with Crippen molar-refractivity contribution < 1.29 is 14.3 Å². The summed E-state index contributed by atoms with van der Waals surface area (Å²) in [6.45, 7) is 4.72. The molecule has 1 heterocycles. The van der Waals surface area contributed by atoms with Crippen molar-refractivity contribution in [1.82, 2.24) is 4.98 Å². The molecule has 0 fully saturated rings. The first-order chi connectivity index (χ1) is 7.63. The summed E-state index contributed by atoms with van der Waals surface area (Å²) in [6, 6.07) is 3.23. The Morgan fingerprint density at radius 1 is 1.62 bits per heavy atom. The second-order valence-electron chi connectivity index (χ2n) is 3.24. The van der Waals surface area contributed by atoms with Gasteiger partial charge in [0.15, 0.2) is 0 Å². The fourth-order valence-electron chi connectivity index (χ4n) is 1.10. The summed E-state index contributed by atoms with van der Waals surface area (Å²) in [7, 11) is 0. The Balaban J connectivity index is 2.52. The normalized spacial score (nSPS) is 12.2. The van der Waals surface area contributed by atoms with Gasteiger partial charge in [0.05, 0.1) is 12.2 Å². The number of hydrogen-bond donors (Lipinski definition) is 0. The summed E-state index contributed by atoms with van der Waals surface area (Å²) in [5.74, 6) is -0.365. The first-order valence-electron chi connectivity index (χ1n) is 5.03. The van der Waals surface area contributed by atoms with E-state index in [9.17, 15) is 4.79 Å². The van der Waals surface area contributed by atoms with E-state index in [-0.39, 0.29) is 12.1 Å². The van der Waals surface area contributed by atoms with Crippen LogP contribution in [0, 0.1) is 0 Å². The van der Waals surface area contributed by atoms with Crippen molar-refractivity contribution in [3.8, 4) is 0 Å². The lowest BCUT2D eigenvalue weighted by Gasteiger charge is -2.12. The van der Waals surface area contributed by atoms with Crippen LogP contribution in [-0.4, -0.2) is 30.3 Å². The molecule has 16 heavy (non-hydrogen) atoms. The molecule has 0 bridgehead atoms. The van der Waals surface area contributed by atoms with Gasteiger partial charge < -0.3 is 9.47 Å². The molecule has 0 aromatic carbocycles. The van der Waals surface area contributed by atoms with Gasteiger partial charge in [-0.15, -0.1) is 0 Å². The van der Waals surface area contributed by atoms with Crippen molar-refractivity contribution in [2.75, 3.05) is 13.2 Å². The maximum atomic E-state index is 11.6. The van der Waals surface area contributed by atoms with Crippen molar-refractivity contribution in [2.24, 2.45) is 0 Å². The molecule has 1 atom stereocenters. The van der Waals surface area contributed by atoms with Crippen LogP contribution < -0.4 is 0 Å². The second kappa shape index (κ2) is 6.60. The van der Waals surface area contributed by atoms with E-state index in [1.54, 1.807) is 25.3 Å². The van der Waals surface area contributed by atoms with Gasteiger partial charge in [-0.25, -0.2) is 9.78 Å². The van der Waals surface area contributed by atoms with Crippen LogP contribution >= 0.6 is 15.9 Å². The van der Waals surface area contributed by atoms with E-state index >= 15 is 0 Å². The van der Waals surface area contributed by atoms with Crippen LogP contribution in [0.15, 0.2) is 22.9 Å². The molecule has 0 radical (unpaired) electrons. The van der Waals surface area contributed by atoms with Gasteiger partial charge in [0, 0.05) is 12.8 Å². The van der Waals surface area contributed by atoms with Crippen molar-refractivity contribution >= 4 is 21.9 Å². The second-order valence-corrected chi connectivity index (χ2v) is 4.06. The molecule has 0 aliphatic carbocycles. The Bertz CT molecular complexity index is 357. The Kier molecular flexibility index (Phi) is 5.42. The maximum Gasteiger partial charge on any atom is 0.338 e. The fourth-order valence-corrected chi connectivity index (χ4v) is 1.46. The molecule has 1 aromatic rings. The monoisotopic (exact) mass is 287 g/mol. The molecule has 88 valence electrons. The number of pyridine rings is 1. The third kappa shape index (κ3) is 4.28. The van der Waals surface area contributed by atoms with Crippen molar-refractivity contribution in [2.45, 2.75) is 20.0 Å². The summed E-state index contributed by atoms with van der Waals surface area (Å²) >= 11 is 3.20. The van der Waals surface area contributed by atoms with Crippen molar-refractivity contribution in [1.29, 1.82) is 0 Å². The molecular formula is C11H14BrNO3. The molecule has 1 unspecified atom stereocenters. The van der Waals surface area contributed by atoms with Gasteiger partial charge in [-0.3, -0.25) is 0 Å². The SMILES string of the molecule is CCOCC(C)OC(=O)c1ccnc(Br)c1. The summed E-state index contributed by atoms with van der Waals surface area (Å²) in [5.41, 5.74) is 0.477. The van der Waals surface area contributed by atoms with Crippen LogP contribution in [0.25, 0.3) is 0 Å². The van der Waals surface area contributed by atoms with Crippen molar-refractivity contribution in [3.05, 3.63) is 28.5 Å². The first-order valence-corrected chi connectivity index (χ1v) is 5.83. The molecule has 0 N–H and O–H groups in total. The fraction of sp³-hybridized carbons (Fsp3) is 0.455. The predicted molar refractivity (Wildman–Crippen MR) is 63.3 cm³/mol. The number of rotatable bonds is 5. The minimum atomic E-state index is -0.365. The average Bonchev–Trinajstić information content (AvgIpc) is 2.26. The molecule has 0 amide bonds. The molecule has 0 aliphatic heterocycles. The van der Waals surface area contributed by atoms with Crippen molar-refractivity contribution in [3.63, 3.8) is 0 Å². The standard InChI is InChI=1S/C11H14BrNO3/c1-3-15-7-8(2)16-11(14)9-4-5-13-10(12)6-9/h4-6,8H,3,7H2,1-2H3. The minimum Gasteiger partial charge on any atom is -0.457 e. The number of hydrogen-bond acceptors (Lipinski definition) is 4. The molecule has 0 aliphatic rings. The van der Waals surface area contributed by atoms with Gasteiger partial charge in [-0.1, -0.05) is 0 Å². The summed E-state index contributed by atoms with van der Waals surface area (Å²) < 4.78 is 10.9. The predicted octanol–water partition coefficient (Wildman–Crippen LogP) is 2.43. The van der Waals surface area contributed by atoms with Gasteiger partial charge in [0.2, 0.25) is 0 Å². The van der Waals surface area contributed by atoms with Crippen LogP contribution in [0.1, 0.15) is 24.2 Å². The average molecular weight is 288 g/mol. The molecular weight excluding hydrogens is 274 g/mol. The number of aromatic nitrogens is 1. The summed E-state index contributed by atoms with van der Waals surface area (Å²) in [4.78, 5) is 15.6. The molecule has 0 saturated carbocycles. The number of carbonyl (C=O) groups excluding carboxylic acids is 1. The van der Waals surface area contributed by atoms with E-state index in [1.165, 1.54) is 0 Å². The lowest BCUT2D eigenvalue weighted by Crippen LogP contribution is -2.20. The first kappa shape index (κ1) is 13.1. The van der Waals surface area contributed by atoms with Crippen LogP contribution in [0.4, 0.5) is 0 Å². The molecule has 1 aromatic heterocycles. The molecule has 1 rings (SSSR count). The van der Waals surface area contributed by atoms with E-state index in [1.807, 2.05) is 6.92 Å². The van der Waals surface area contributed by atoms with Crippen LogP contribution in [0.3, 0.4) is 0 Å². The third-order valence-electron chi connectivity index (χ3n) is 1.83. The largest absolute Gasteiger partial charge is 0.457 e. The van der Waals surface area contributed by atoms with Gasteiger partial charge in [-0.2, -0.15) is 0 Å².